The molecule has 4 rings (SSSR count). The van der Waals surface area contributed by atoms with Gasteiger partial charge in [-0.1, -0.05) is 29.8 Å². The molecule has 3 aromatic rings. The summed E-state index contributed by atoms with van der Waals surface area (Å²) < 4.78 is 33.5. The van der Waals surface area contributed by atoms with Crippen molar-refractivity contribution in [2.24, 2.45) is 5.92 Å². The van der Waals surface area contributed by atoms with Crippen LogP contribution in [0.4, 0.5) is 5.69 Å². The Labute approximate surface area is 192 Å². The molecule has 1 aliphatic heterocycles. The maximum absolute atomic E-state index is 13.1. The van der Waals surface area contributed by atoms with Gasteiger partial charge in [0.2, 0.25) is 5.91 Å². The molecule has 0 bridgehead atoms. The van der Waals surface area contributed by atoms with Crippen molar-refractivity contribution >= 4 is 71.9 Å². The van der Waals surface area contributed by atoms with Crippen molar-refractivity contribution in [3.05, 3.63) is 45.6 Å². The molecular weight excluding hydrogens is 480 g/mol. The van der Waals surface area contributed by atoms with Gasteiger partial charge in [-0.2, -0.15) is 4.31 Å². The molecule has 1 aromatic carbocycles. The van der Waals surface area contributed by atoms with Crippen molar-refractivity contribution in [3.8, 4) is 0 Å². The minimum absolute atomic E-state index is 0.0688. The quantitative estimate of drug-likeness (QED) is 0.525. The molecule has 1 atom stereocenters. The molecule has 1 saturated heterocycles. The van der Waals surface area contributed by atoms with Crippen LogP contribution in [0.3, 0.4) is 0 Å². The molecule has 1 unspecified atom stereocenters. The molecule has 11 heteroatoms. The summed E-state index contributed by atoms with van der Waals surface area (Å²) in [6, 6.07) is 10.4. The lowest BCUT2D eigenvalue weighted by Gasteiger charge is -2.30. The Bertz CT molecular complexity index is 1250. The van der Waals surface area contributed by atoms with Gasteiger partial charge in [-0.05, 0) is 31.0 Å². The highest BCUT2D eigenvalue weighted by molar-refractivity contribution is 7.91. The first kappa shape index (κ1) is 22.2. The van der Waals surface area contributed by atoms with Gasteiger partial charge in [0.15, 0.2) is 0 Å². The number of piperidine rings is 1. The van der Waals surface area contributed by atoms with Crippen LogP contribution in [-0.4, -0.2) is 44.8 Å². The smallest absolute Gasteiger partial charge is 0.350 e. The first-order chi connectivity index (χ1) is 14.8. The number of thiophene rings is 2. The summed E-state index contributed by atoms with van der Waals surface area (Å²) in [5.74, 6) is -1.39. The monoisotopic (exact) mass is 498 g/mol. The minimum atomic E-state index is -3.71. The highest BCUT2D eigenvalue weighted by Gasteiger charge is 2.35. The van der Waals surface area contributed by atoms with E-state index in [2.05, 4.69) is 5.32 Å². The Morgan fingerprint density at radius 2 is 1.97 bits per heavy atom. The number of carbonyl (C=O) groups is 2. The van der Waals surface area contributed by atoms with Gasteiger partial charge in [0.05, 0.1) is 23.1 Å². The zero-order valence-corrected chi connectivity index (χ0v) is 19.7. The summed E-state index contributed by atoms with van der Waals surface area (Å²) in [6.45, 7) is 0.412. The summed E-state index contributed by atoms with van der Waals surface area (Å²) >= 11 is 8.14. The zero-order chi connectivity index (χ0) is 22.2. The van der Waals surface area contributed by atoms with Crippen LogP contribution >= 0.6 is 34.3 Å². The van der Waals surface area contributed by atoms with E-state index < -0.39 is 21.9 Å². The van der Waals surface area contributed by atoms with E-state index >= 15 is 0 Å². The molecule has 164 valence electrons. The third-order valence-corrected chi connectivity index (χ3v) is 9.83. The van der Waals surface area contributed by atoms with E-state index in [0.717, 1.165) is 21.4 Å². The number of rotatable bonds is 5. The Morgan fingerprint density at radius 3 is 2.68 bits per heavy atom. The summed E-state index contributed by atoms with van der Waals surface area (Å²) in [6.07, 6.45) is 1.11. The van der Waals surface area contributed by atoms with Gasteiger partial charge in [-0.3, -0.25) is 4.79 Å². The second-order valence-electron chi connectivity index (χ2n) is 7.04. The number of methoxy groups -OCH3 is 1. The Balaban J connectivity index is 1.57. The fraction of sp³-hybridized carbons (Fsp3) is 0.300. The number of carbonyl (C=O) groups excluding carboxylic acids is 2. The predicted molar refractivity (Wildman–Crippen MR) is 123 cm³/mol. The predicted octanol–water partition coefficient (Wildman–Crippen LogP) is 4.44. The van der Waals surface area contributed by atoms with E-state index in [9.17, 15) is 18.0 Å². The van der Waals surface area contributed by atoms with Crippen molar-refractivity contribution < 1.29 is 22.7 Å². The Kier molecular flexibility index (Phi) is 6.36. The number of nitrogens with zero attached hydrogens (tertiary/aromatic N) is 1. The number of esters is 1. The molecule has 1 fully saturated rings. The second kappa shape index (κ2) is 8.87. The van der Waals surface area contributed by atoms with Crippen LogP contribution in [0.2, 0.25) is 4.34 Å². The van der Waals surface area contributed by atoms with Crippen LogP contribution in [0.1, 0.15) is 22.5 Å². The molecule has 0 spiro atoms. The normalized spacial score (nSPS) is 17.5. The standard InChI is InChI=1S/C20H19ClN2O5S3/c1-28-20(25)18-17(13-6-2-3-7-14(13)29-18)22-19(24)12-5-4-10-23(11-12)31(26,27)16-9-8-15(21)30-16/h2-3,6-9,12H,4-5,10-11H2,1H3,(H,22,24). The van der Waals surface area contributed by atoms with Crippen LogP contribution in [0, 0.1) is 5.92 Å². The van der Waals surface area contributed by atoms with E-state index in [4.69, 9.17) is 16.3 Å². The molecule has 1 N–H and O–H groups in total. The molecule has 0 radical (unpaired) electrons. The summed E-state index contributed by atoms with van der Waals surface area (Å²) in [5, 5.41) is 3.61. The lowest BCUT2D eigenvalue weighted by atomic mass is 9.98. The summed E-state index contributed by atoms with van der Waals surface area (Å²) in [7, 11) is -2.42. The van der Waals surface area contributed by atoms with Gasteiger partial charge in [0.25, 0.3) is 10.0 Å². The number of hydrogen-bond donors (Lipinski definition) is 1. The molecule has 0 aliphatic carbocycles. The van der Waals surface area contributed by atoms with Gasteiger partial charge < -0.3 is 10.1 Å². The summed E-state index contributed by atoms with van der Waals surface area (Å²) in [5.41, 5.74) is 0.405. The summed E-state index contributed by atoms with van der Waals surface area (Å²) in [4.78, 5) is 25.6. The fourth-order valence-corrected chi connectivity index (χ4v) is 7.81. The number of nitrogens with one attached hydrogen (secondary N) is 1. The highest BCUT2D eigenvalue weighted by Crippen LogP contribution is 2.37. The van der Waals surface area contributed by atoms with Crippen molar-refractivity contribution in [1.82, 2.24) is 4.31 Å². The number of sulfonamides is 1. The van der Waals surface area contributed by atoms with Crippen molar-refractivity contribution in [2.75, 3.05) is 25.5 Å². The van der Waals surface area contributed by atoms with Crippen molar-refractivity contribution in [2.45, 2.75) is 17.1 Å². The Morgan fingerprint density at radius 1 is 1.19 bits per heavy atom. The molecule has 3 heterocycles. The van der Waals surface area contributed by atoms with Gasteiger partial charge in [-0.15, -0.1) is 22.7 Å². The highest BCUT2D eigenvalue weighted by atomic mass is 35.5. The average molecular weight is 499 g/mol. The van der Waals surface area contributed by atoms with E-state index in [1.165, 1.54) is 28.8 Å². The van der Waals surface area contributed by atoms with E-state index in [-0.39, 0.29) is 16.7 Å². The first-order valence-corrected chi connectivity index (χ1v) is 12.9. The topological polar surface area (TPSA) is 92.8 Å². The third-order valence-electron chi connectivity index (χ3n) is 5.11. The molecule has 1 amide bonds. The zero-order valence-electron chi connectivity index (χ0n) is 16.5. The number of halogens is 1. The number of fused-ring (bicyclic) bond motifs is 1. The molecular formula is C20H19ClN2O5S3. The maximum Gasteiger partial charge on any atom is 0.350 e. The number of benzene rings is 1. The third kappa shape index (κ3) is 4.35. The minimum Gasteiger partial charge on any atom is -0.465 e. The van der Waals surface area contributed by atoms with Crippen LogP contribution in [-0.2, 0) is 19.6 Å². The van der Waals surface area contributed by atoms with E-state index in [0.29, 0.717) is 34.3 Å². The number of ether oxygens (including phenoxy) is 1. The first-order valence-electron chi connectivity index (χ1n) is 9.47. The molecule has 1 aliphatic rings. The molecule has 2 aromatic heterocycles. The number of anilines is 1. The van der Waals surface area contributed by atoms with Gasteiger partial charge >= 0.3 is 5.97 Å². The van der Waals surface area contributed by atoms with Crippen LogP contribution in [0.25, 0.3) is 10.1 Å². The van der Waals surface area contributed by atoms with Gasteiger partial charge in [0, 0.05) is 23.2 Å². The van der Waals surface area contributed by atoms with Crippen LogP contribution in [0.5, 0.6) is 0 Å². The van der Waals surface area contributed by atoms with Crippen molar-refractivity contribution in [1.29, 1.82) is 0 Å². The van der Waals surface area contributed by atoms with Crippen LogP contribution in [0.15, 0.2) is 40.6 Å². The molecule has 7 nitrogen and oxygen atoms in total. The molecule has 0 saturated carbocycles. The van der Waals surface area contributed by atoms with Crippen LogP contribution < -0.4 is 5.32 Å². The number of hydrogen-bond acceptors (Lipinski definition) is 7. The van der Waals surface area contributed by atoms with E-state index in [1.807, 2.05) is 24.3 Å². The van der Waals surface area contributed by atoms with Gasteiger partial charge in [-0.25, -0.2) is 13.2 Å². The largest absolute Gasteiger partial charge is 0.465 e. The Hall–Kier alpha value is -1.98. The van der Waals surface area contributed by atoms with Gasteiger partial charge in [0.1, 0.15) is 9.09 Å². The van der Waals surface area contributed by atoms with E-state index in [1.54, 1.807) is 6.07 Å². The lowest BCUT2D eigenvalue weighted by Crippen LogP contribution is -2.43. The lowest BCUT2D eigenvalue weighted by molar-refractivity contribution is -0.120. The maximum atomic E-state index is 13.1. The average Bonchev–Trinajstić information content (AvgIpc) is 3.38. The number of amides is 1. The van der Waals surface area contributed by atoms with Crippen molar-refractivity contribution in [3.63, 3.8) is 0 Å². The second-order valence-corrected chi connectivity index (χ2v) is 12.0. The fourth-order valence-electron chi connectivity index (χ4n) is 3.57. The molecule has 31 heavy (non-hydrogen) atoms. The SMILES string of the molecule is COC(=O)c1sc2ccccc2c1NC(=O)C1CCCN(S(=O)(=O)c2ccc(Cl)s2)C1.